The molecule has 0 radical (unpaired) electrons. The summed E-state index contributed by atoms with van der Waals surface area (Å²) in [6.07, 6.45) is 36.3. The van der Waals surface area contributed by atoms with E-state index in [4.69, 9.17) is 0 Å². The van der Waals surface area contributed by atoms with Gasteiger partial charge in [-0.1, -0.05) is 291 Å². The molecule has 8 bridgehead atoms. The number of rotatable bonds is 30. The summed E-state index contributed by atoms with van der Waals surface area (Å²) in [5, 5.41) is 26.4. The highest BCUT2D eigenvalue weighted by molar-refractivity contribution is 14.1. The molecule has 0 heterocycles. The SMILES string of the molecule is CCCCCCCCC1(CCCCCCCC)c2cc(I)ccc2-c2ccc(-c3cc4c5cccc(c5)c5cccc6c7cc(-c8ccc9c(c8)C(CCCCCCCC)(CCCCCCCC)c8cc(I)ccc8-9)cc8c9cccc(c9)c9cccc%10c(c3)c4c3cc(c(cc3c9%10)c87)c56)cc21. The molecular formula is C100H100I2. The first kappa shape index (κ1) is 68.0. The van der Waals surface area contributed by atoms with Gasteiger partial charge in [-0.2, -0.15) is 0 Å². The molecule has 2 aliphatic carbocycles. The Balaban J connectivity index is 0.889. The third kappa shape index (κ3) is 11.9. The Labute approximate surface area is 633 Å². The molecule has 0 saturated heterocycles. The molecule has 0 nitrogen and oxygen atoms in total. The van der Waals surface area contributed by atoms with E-state index < -0.39 is 0 Å². The van der Waals surface area contributed by atoms with Gasteiger partial charge in [0.25, 0.3) is 0 Å². The molecule has 2 aliphatic rings. The minimum atomic E-state index is -0.0224. The summed E-state index contributed by atoms with van der Waals surface area (Å²) in [5.74, 6) is 0. The highest BCUT2D eigenvalue weighted by atomic mass is 127. The zero-order valence-corrected chi connectivity index (χ0v) is 65.3. The first-order valence-corrected chi connectivity index (χ1v) is 42.3. The van der Waals surface area contributed by atoms with Crippen LogP contribution in [0.2, 0.25) is 0 Å². The standard InChI is InChI=1S/C100H100I2/c1-5-9-13-17-21-25-49-99(50-26-22-18-14-10-6-2)91-59-65(41-45-77(91)79-47-43-73(101)61-93(79)99)71-55-83-69-35-29-33-67(53-69)76-38-32-40-82-86-58-72(66-42-46-78-80-48-44-74(102)62-94(80)100(92(78)60-66,51-27-23-19-15-11-7-3)52-28-24-20-16-12-8-4)56-84-70-36-30-34-68(54-70)75-37-31-39-81-85(57-71)97(83)89-63-88(96(76)82)90(98(84)86)64-87(89)95(75)81/h29-48,53-64H,5-28,49-52H2,1-4H3. The molecule has 0 fully saturated rings. The molecular weight excluding hydrogens is 1450 g/mol. The third-order valence-electron chi connectivity index (χ3n) is 25.3. The van der Waals surface area contributed by atoms with Crippen molar-refractivity contribution in [3.05, 3.63) is 224 Å². The van der Waals surface area contributed by atoms with Gasteiger partial charge >= 0.3 is 0 Å². The Bertz CT molecular complexity index is 5260. The second kappa shape index (κ2) is 29.1. The van der Waals surface area contributed by atoms with Crippen molar-refractivity contribution in [3.63, 3.8) is 0 Å². The maximum Gasteiger partial charge on any atom is 0.0215 e. The number of hydrogen-bond acceptors (Lipinski definition) is 0. The van der Waals surface area contributed by atoms with E-state index in [9.17, 15) is 0 Å². The lowest BCUT2D eigenvalue weighted by molar-refractivity contribution is 0.398. The second-order valence-electron chi connectivity index (χ2n) is 31.6. The molecule has 0 amide bonds. The number of unbranched alkanes of at least 4 members (excludes halogenated alkanes) is 20. The van der Waals surface area contributed by atoms with Gasteiger partial charge in [-0.05, 0) is 330 Å². The predicted molar refractivity (Wildman–Crippen MR) is 465 cm³/mol. The van der Waals surface area contributed by atoms with Crippen molar-refractivity contribution >= 4 is 153 Å². The Hall–Kier alpha value is -7.12. The minimum absolute atomic E-state index is 0.0224. The topological polar surface area (TPSA) is 0 Å². The van der Waals surface area contributed by atoms with Crippen molar-refractivity contribution in [3.8, 4) is 44.5 Å². The van der Waals surface area contributed by atoms with E-state index >= 15 is 0 Å². The summed E-state index contributed by atoms with van der Waals surface area (Å²) in [4.78, 5) is 0. The molecule has 0 aliphatic heterocycles. The lowest BCUT2D eigenvalue weighted by atomic mass is 9.70. The molecule has 15 aromatic carbocycles. The van der Waals surface area contributed by atoms with Gasteiger partial charge in [0, 0.05) is 18.0 Å². The molecule has 2 heteroatoms. The lowest BCUT2D eigenvalue weighted by Gasteiger charge is -2.33. The zero-order valence-electron chi connectivity index (χ0n) is 61.0. The highest BCUT2D eigenvalue weighted by Crippen LogP contribution is 2.59. The number of benzene rings is 13. The fourth-order valence-corrected chi connectivity index (χ4v) is 21.3. The monoisotopic (exact) mass is 1550 g/mol. The number of hydrogen-bond donors (Lipinski definition) is 0. The van der Waals surface area contributed by atoms with E-state index in [1.54, 1.807) is 22.3 Å². The fraction of sp³-hybridized carbons (Fsp3) is 0.340. The normalized spacial score (nSPS) is 13.9. The smallest absolute Gasteiger partial charge is 0.0215 e. The molecule has 0 aromatic heterocycles. The zero-order chi connectivity index (χ0) is 69.1. The molecule has 17 rings (SSSR count). The fourth-order valence-electron chi connectivity index (χ4n) is 20.3. The van der Waals surface area contributed by atoms with Crippen LogP contribution >= 0.6 is 45.2 Å². The molecule has 0 atom stereocenters. The van der Waals surface area contributed by atoms with Crippen molar-refractivity contribution in [2.24, 2.45) is 0 Å². The Morgan fingerprint density at radius 3 is 0.853 bits per heavy atom. The van der Waals surface area contributed by atoms with E-state index in [-0.39, 0.29) is 10.8 Å². The summed E-state index contributed by atoms with van der Waals surface area (Å²) in [5.41, 5.74) is 17.3. The lowest BCUT2D eigenvalue weighted by Crippen LogP contribution is -2.25. The largest absolute Gasteiger partial charge is 0.0654 e. The Morgan fingerprint density at radius 2 is 0.490 bits per heavy atom. The maximum absolute atomic E-state index is 2.70. The van der Waals surface area contributed by atoms with Crippen molar-refractivity contribution in [1.29, 1.82) is 0 Å². The van der Waals surface area contributed by atoms with Gasteiger partial charge in [0.05, 0.1) is 0 Å². The van der Waals surface area contributed by atoms with Crippen LogP contribution in [-0.4, -0.2) is 0 Å². The molecule has 0 saturated carbocycles. The van der Waals surface area contributed by atoms with Crippen molar-refractivity contribution in [1.82, 2.24) is 0 Å². The summed E-state index contributed by atoms with van der Waals surface area (Å²) < 4.78 is 2.70. The summed E-state index contributed by atoms with van der Waals surface area (Å²) in [7, 11) is 0. The Kier molecular flexibility index (Phi) is 19.4. The summed E-state index contributed by atoms with van der Waals surface area (Å²) in [6.45, 7) is 9.38. The molecule has 0 unspecified atom stereocenters. The molecule has 0 N–H and O–H groups in total. The first-order valence-electron chi connectivity index (χ1n) is 40.2. The minimum Gasteiger partial charge on any atom is -0.0654 e. The second-order valence-corrected chi connectivity index (χ2v) is 34.1. The van der Waals surface area contributed by atoms with Gasteiger partial charge in [0.15, 0.2) is 0 Å². The molecule has 0 spiro atoms. The summed E-state index contributed by atoms with van der Waals surface area (Å²) in [6, 6.07) is 80.0. The van der Waals surface area contributed by atoms with Crippen molar-refractivity contribution in [2.75, 3.05) is 0 Å². The first-order chi connectivity index (χ1) is 50.2. The van der Waals surface area contributed by atoms with Crippen LogP contribution in [0.25, 0.3) is 152 Å². The van der Waals surface area contributed by atoms with Crippen LogP contribution in [0.15, 0.2) is 194 Å². The van der Waals surface area contributed by atoms with Gasteiger partial charge in [-0.25, -0.2) is 0 Å². The van der Waals surface area contributed by atoms with Crippen LogP contribution in [0.3, 0.4) is 0 Å². The van der Waals surface area contributed by atoms with E-state index in [2.05, 4.69) is 267 Å². The van der Waals surface area contributed by atoms with Crippen LogP contribution in [0.1, 0.15) is 230 Å². The summed E-state index contributed by atoms with van der Waals surface area (Å²) >= 11 is 5.20. The van der Waals surface area contributed by atoms with E-state index in [1.807, 2.05) is 0 Å². The number of fused-ring (bicyclic) bond motifs is 16. The average molecular weight is 1560 g/mol. The van der Waals surface area contributed by atoms with Gasteiger partial charge in [0.1, 0.15) is 0 Å². The Morgan fingerprint density at radius 1 is 0.216 bits per heavy atom. The van der Waals surface area contributed by atoms with Gasteiger partial charge in [0.2, 0.25) is 0 Å². The molecule has 15 aromatic rings. The van der Waals surface area contributed by atoms with Gasteiger partial charge < -0.3 is 0 Å². The van der Waals surface area contributed by atoms with Crippen LogP contribution in [-0.2, 0) is 10.8 Å². The van der Waals surface area contributed by atoms with Crippen LogP contribution < -0.4 is 0 Å². The van der Waals surface area contributed by atoms with Crippen molar-refractivity contribution < 1.29 is 0 Å². The predicted octanol–water partition coefficient (Wildman–Crippen LogP) is 32.2. The molecule has 102 heavy (non-hydrogen) atoms. The number of halogens is 2. The van der Waals surface area contributed by atoms with Crippen LogP contribution in [0.4, 0.5) is 0 Å². The molecule has 514 valence electrons. The average Bonchev–Trinajstić information content (AvgIpc) is 0.987. The third-order valence-corrected chi connectivity index (χ3v) is 26.7. The van der Waals surface area contributed by atoms with E-state index in [1.165, 1.54) is 339 Å². The quantitative estimate of drug-likeness (QED) is 0.0182. The van der Waals surface area contributed by atoms with Gasteiger partial charge in [-0.15, -0.1) is 0 Å². The van der Waals surface area contributed by atoms with E-state index in [0.717, 1.165) is 0 Å². The van der Waals surface area contributed by atoms with Crippen molar-refractivity contribution in [2.45, 2.75) is 218 Å². The highest BCUT2D eigenvalue weighted by Gasteiger charge is 2.44. The maximum atomic E-state index is 2.70. The van der Waals surface area contributed by atoms with Crippen LogP contribution in [0.5, 0.6) is 0 Å². The van der Waals surface area contributed by atoms with Gasteiger partial charge in [-0.3, -0.25) is 0 Å². The van der Waals surface area contributed by atoms with Crippen LogP contribution in [0, 0.1) is 7.14 Å². The van der Waals surface area contributed by atoms with E-state index in [0.29, 0.717) is 0 Å².